The Morgan fingerprint density at radius 1 is 1.83 bits per heavy atom. The van der Waals surface area contributed by atoms with E-state index in [1.165, 1.54) is 7.11 Å². The fourth-order valence-corrected chi connectivity index (χ4v) is 1.89. The van der Waals surface area contributed by atoms with E-state index in [4.69, 9.17) is 5.73 Å². The average molecular weight is 185 g/mol. The summed E-state index contributed by atoms with van der Waals surface area (Å²) in [5.41, 5.74) is 5.47. The monoisotopic (exact) mass is 185 g/mol. The maximum atomic E-state index is 11.1. The number of hydrogen-bond acceptors (Lipinski definition) is 4. The van der Waals surface area contributed by atoms with E-state index in [0.29, 0.717) is 11.3 Å². The van der Waals surface area contributed by atoms with Gasteiger partial charge in [-0.1, -0.05) is 12.7 Å². The first-order valence-electron chi connectivity index (χ1n) is 3.46. The molecule has 66 valence electrons. The predicted octanol–water partition coefficient (Wildman–Crippen LogP) is 0.674. The van der Waals surface area contributed by atoms with Gasteiger partial charge in [0.15, 0.2) is 0 Å². The minimum atomic E-state index is -0.711. The number of rotatable bonds is 2. The summed E-state index contributed by atoms with van der Waals surface area (Å²) in [5.74, 6) is 0.214. The molecule has 1 atom stereocenters. The zero-order valence-electron chi connectivity index (χ0n) is 6.87. The summed E-state index contributed by atoms with van der Waals surface area (Å²) in [7, 11) is 1.32. The van der Waals surface area contributed by atoms with Crippen molar-refractivity contribution in [2.45, 2.75) is 5.54 Å². The van der Waals surface area contributed by atoms with Gasteiger partial charge in [-0.25, -0.2) is 4.79 Å². The second kappa shape index (κ2) is 3.33. The van der Waals surface area contributed by atoms with E-state index in [0.717, 1.165) is 0 Å². The van der Waals surface area contributed by atoms with Gasteiger partial charge in [-0.05, 0) is 5.41 Å². The Labute approximate surface area is 75.6 Å². The van der Waals surface area contributed by atoms with Crippen LogP contribution in [-0.4, -0.2) is 24.4 Å². The van der Waals surface area contributed by atoms with Gasteiger partial charge in [0.05, 0.1) is 18.2 Å². The van der Waals surface area contributed by atoms with Crippen molar-refractivity contribution in [2.75, 3.05) is 12.9 Å². The van der Waals surface area contributed by atoms with Gasteiger partial charge >= 0.3 is 5.97 Å². The maximum absolute atomic E-state index is 11.1. The Kier molecular flexibility index (Phi) is 2.59. The van der Waals surface area contributed by atoms with Crippen LogP contribution in [0, 0.1) is 0 Å². The molecule has 1 unspecified atom stereocenters. The van der Waals surface area contributed by atoms with Crippen molar-refractivity contribution in [1.29, 1.82) is 0 Å². The van der Waals surface area contributed by atoms with Crippen LogP contribution in [0.4, 0.5) is 0 Å². The van der Waals surface area contributed by atoms with Crippen molar-refractivity contribution in [3.8, 4) is 0 Å². The molecule has 1 heterocycles. The van der Waals surface area contributed by atoms with Crippen LogP contribution < -0.4 is 5.73 Å². The molecule has 0 amide bonds. The minimum absolute atomic E-state index is 0.311. The second-order valence-corrected chi connectivity index (χ2v) is 3.52. The van der Waals surface area contributed by atoms with E-state index >= 15 is 0 Å². The molecule has 0 radical (unpaired) electrons. The van der Waals surface area contributed by atoms with Crippen molar-refractivity contribution in [1.82, 2.24) is 0 Å². The normalized spacial score (nSPS) is 27.2. The number of carbonyl (C=O) groups is 1. The van der Waals surface area contributed by atoms with Crippen LogP contribution in [0.25, 0.3) is 0 Å². The van der Waals surface area contributed by atoms with Crippen molar-refractivity contribution in [3.63, 3.8) is 0 Å². The third-order valence-electron chi connectivity index (χ3n) is 1.78. The van der Waals surface area contributed by atoms with E-state index in [9.17, 15) is 4.79 Å². The summed E-state index contributed by atoms with van der Waals surface area (Å²) in [4.78, 5) is 11.1. The molecule has 0 fully saturated rings. The van der Waals surface area contributed by atoms with Gasteiger partial charge in [0.1, 0.15) is 0 Å². The molecule has 0 bridgehead atoms. The molecule has 1 aliphatic rings. The first-order chi connectivity index (χ1) is 5.60. The number of hydrogen-bond donors (Lipinski definition) is 1. The lowest BCUT2D eigenvalue weighted by Crippen LogP contribution is -2.43. The van der Waals surface area contributed by atoms with Crippen LogP contribution in [0.3, 0.4) is 0 Å². The van der Waals surface area contributed by atoms with Crippen LogP contribution in [0.1, 0.15) is 0 Å². The van der Waals surface area contributed by atoms with E-state index in [2.05, 4.69) is 11.3 Å². The van der Waals surface area contributed by atoms with Crippen molar-refractivity contribution in [3.05, 3.63) is 23.6 Å². The van der Waals surface area contributed by atoms with Crippen molar-refractivity contribution >= 4 is 17.7 Å². The molecule has 1 rings (SSSR count). The Bertz CT molecular complexity index is 249. The number of thioether (sulfide) groups is 1. The van der Waals surface area contributed by atoms with Gasteiger partial charge < -0.3 is 10.5 Å². The fraction of sp³-hybridized carbons (Fsp3) is 0.375. The SMILES string of the molecule is C=C(C(=O)OC)C1(N)C=CSC1. The lowest BCUT2D eigenvalue weighted by molar-refractivity contribution is -0.136. The summed E-state index contributed by atoms with van der Waals surface area (Å²) >= 11 is 1.56. The van der Waals surface area contributed by atoms with Gasteiger partial charge in [0.25, 0.3) is 0 Å². The summed E-state index contributed by atoms with van der Waals surface area (Å²) in [5, 5.41) is 1.87. The molecule has 12 heavy (non-hydrogen) atoms. The Morgan fingerprint density at radius 2 is 2.50 bits per heavy atom. The summed E-state index contributed by atoms with van der Waals surface area (Å²) in [6.07, 6.45) is 1.77. The molecule has 1 aliphatic heterocycles. The maximum Gasteiger partial charge on any atom is 0.335 e. The van der Waals surface area contributed by atoms with Crippen LogP contribution in [-0.2, 0) is 9.53 Å². The molecular formula is C8H11NO2S. The highest BCUT2D eigenvalue weighted by Crippen LogP contribution is 2.28. The second-order valence-electron chi connectivity index (χ2n) is 2.62. The molecule has 0 aliphatic carbocycles. The van der Waals surface area contributed by atoms with Gasteiger partial charge in [0.2, 0.25) is 0 Å². The summed E-state index contributed by atoms with van der Waals surface area (Å²) in [6.45, 7) is 3.62. The molecule has 0 aromatic rings. The number of esters is 1. The van der Waals surface area contributed by atoms with Crippen molar-refractivity contribution in [2.24, 2.45) is 5.73 Å². The van der Waals surface area contributed by atoms with Crippen LogP contribution >= 0.6 is 11.8 Å². The largest absolute Gasteiger partial charge is 0.466 e. The summed E-state index contributed by atoms with van der Waals surface area (Å²) < 4.78 is 4.53. The highest BCUT2D eigenvalue weighted by atomic mass is 32.2. The van der Waals surface area contributed by atoms with Crippen molar-refractivity contribution < 1.29 is 9.53 Å². The van der Waals surface area contributed by atoms with E-state index in [-0.39, 0.29) is 0 Å². The molecule has 3 nitrogen and oxygen atoms in total. The van der Waals surface area contributed by atoms with E-state index in [1.54, 1.807) is 17.8 Å². The highest BCUT2D eigenvalue weighted by molar-refractivity contribution is 8.02. The molecule has 0 saturated heterocycles. The molecule has 4 heteroatoms. The quantitative estimate of drug-likeness (QED) is 0.507. The fourth-order valence-electron chi connectivity index (χ4n) is 0.905. The van der Waals surface area contributed by atoms with Crippen LogP contribution in [0.5, 0.6) is 0 Å². The molecule has 0 spiro atoms. The van der Waals surface area contributed by atoms with Crippen LogP contribution in [0.2, 0.25) is 0 Å². The Balaban J connectivity index is 2.75. The zero-order valence-corrected chi connectivity index (χ0v) is 7.69. The third kappa shape index (κ3) is 1.54. The first-order valence-corrected chi connectivity index (χ1v) is 4.51. The Morgan fingerprint density at radius 3 is 2.92 bits per heavy atom. The van der Waals surface area contributed by atoms with Gasteiger partial charge in [-0.15, -0.1) is 11.8 Å². The third-order valence-corrected chi connectivity index (χ3v) is 2.75. The smallest absolute Gasteiger partial charge is 0.335 e. The molecule has 0 aromatic heterocycles. The zero-order chi connectivity index (χ0) is 9.19. The topological polar surface area (TPSA) is 52.3 Å². The Hall–Kier alpha value is -0.740. The number of ether oxygens (including phenoxy) is 1. The predicted molar refractivity (Wildman–Crippen MR) is 49.7 cm³/mol. The van der Waals surface area contributed by atoms with E-state index < -0.39 is 11.5 Å². The number of carbonyl (C=O) groups excluding carboxylic acids is 1. The van der Waals surface area contributed by atoms with Gasteiger partial charge in [0, 0.05) is 5.75 Å². The lowest BCUT2D eigenvalue weighted by atomic mass is 9.94. The molecule has 2 N–H and O–H groups in total. The lowest BCUT2D eigenvalue weighted by Gasteiger charge is -2.21. The number of nitrogens with two attached hydrogens (primary N) is 1. The molecule has 0 aromatic carbocycles. The van der Waals surface area contributed by atoms with Gasteiger partial charge in [-0.3, -0.25) is 0 Å². The highest BCUT2D eigenvalue weighted by Gasteiger charge is 2.33. The van der Waals surface area contributed by atoms with E-state index in [1.807, 2.05) is 5.41 Å². The average Bonchev–Trinajstić information content (AvgIpc) is 2.50. The molecular weight excluding hydrogens is 174 g/mol. The first kappa shape index (κ1) is 9.35. The molecule has 0 saturated carbocycles. The summed E-state index contributed by atoms with van der Waals surface area (Å²) in [6, 6.07) is 0. The minimum Gasteiger partial charge on any atom is -0.466 e. The van der Waals surface area contributed by atoms with Crippen LogP contribution in [0.15, 0.2) is 23.6 Å². The van der Waals surface area contributed by atoms with Gasteiger partial charge in [-0.2, -0.15) is 0 Å². The number of methoxy groups -OCH3 is 1. The standard InChI is InChI=1S/C8H11NO2S/c1-6(7(10)11-2)8(9)3-4-12-5-8/h3-4H,1,5,9H2,2H3.